The Labute approximate surface area is 111 Å². The highest BCUT2D eigenvalue weighted by atomic mass is 16.6. The van der Waals surface area contributed by atoms with Gasteiger partial charge in [0, 0.05) is 31.9 Å². The van der Waals surface area contributed by atoms with Crippen LogP contribution in [0, 0.1) is 10.1 Å². The van der Waals surface area contributed by atoms with Crippen LogP contribution in [-0.4, -0.2) is 43.0 Å². The van der Waals surface area contributed by atoms with Crippen LogP contribution in [0.2, 0.25) is 0 Å². The van der Waals surface area contributed by atoms with E-state index in [0.29, 0.717) is 12.3 Å². The molecule has 0 unspecified atom stereocenters. The monoisotopic (exact) mass is 267 g/mol. The number of anilines is 1. The fourth-order valence-electron chi connectivity index (χ4n) is 1.38. The van der Waals surface area contributed by atoms with Crippen molar-refractivity contribution in [2.24, 2.45) is 0 Å². The first-order valence-electron chi connectivity index (χ1n) is 5.81. The second-order valence-corrected chi connectivity index (χ2v) is 4.01. The summed E-state index contributed by atoms with van der Waals surface area (Å²) in [4.78, 5) is 23.2. The predicted octanol–water partition coefficient (Wildman–Crippen LogP) is 1.49. The number of amides is 1. The van der Waals surface area contributed by atoms with Crippen LogP contribution in [0.25, 0.3) is 0 Å². The third kappa shape index (κ3) is 4.13. The van der Waals surface area contributed by atoms with Crippen LogP contribution in [-0.2, 0) is 4.79 Å². The van der Waals surface area contributed by atoms with Crippen molar-refractivity contribution in [3.63, 3.8) is 0 Å². The molecule has 1 aromatic carbocycles. The van der Waals surface area contributed by atoms with Crippen LogP contribution in [0.5, 0.6) is 5.75 Å². The highest BCUT2D eigenvalue weighted by molar-refractivity contribution is 5.80. The van der Waals surface area contributed by atoms with Crippen LogP contribution >= 0.6 is 0 Å². The Hall–Kier alpha value is -2.31. The first-order valence-corrected chi connectivity index (χ1v) is 5.81. The van der Waals surface area contributed by atoms with E-state index in [2.05, 4.69) is 5.32 Å². The average molecular weight is 267 g/mol. The number of carbonyl (C=O) groups is 1. The van der Waals surface area contributed by atoms with Crippen molar-refractivity contribution in [2.75, 3.05) is 32.6 Å². The zero-order chi connectivity index (χ0) is 14.4. The van der Waals surface area contributed by atoms with Crippen molar-refractivity contribution in [3.8, 4) is 5.75 Å². The van der Waals surface area contributed by atoms with Crippen molar-refractivity contribution in [1.29, 1.82) is 0 Å². The summed E-state index contributed by atoms with van der Waals surface area (Å²) in [5.41, 5.74) is 0.510. The maximum atomic E-state index is 11.4. The number of nitro groups is 1. The summed E-state index contributed by atoms with van der Waals surface area (Å²) >= 11 is 0. The van der Waals surface area contributed by atoms with Gasteiger partial charge in [0.1, 0.15) is 0 Å². The normalized spacial score (nSPS) is 9.84. The Bertz CT molecular complexity index is 474. The molecule has 0 radical (unpaired) electrons. The van der Waals surface area contributed by atoms with Gasteiger partial charge in [0.2, 0.25) is 5.91 Å². The third-order valence-electron chi connectivity index (χ3n) is 2.40. The predicted molar refractivity (Wildman–Crippen MR) is 71.4 cm³/mol. The highest BCUT2D eigenvalue weighted by Gasteiger charge is 2.15. The molecular weight excluding hydrogens is 250 g/mol. The second-order valence-electron chi connectivity index (χ2n) is 4.01. The van der Waals surface area contributed by atoms with E-state index in [9.17, 15) is 14.9 Å². The van der Waals surface area contributed by atoms with Crippen molar-refractivity contribution >= 4 is 17.3 Å². The second kappa shape index (κ2) is 6.58. The summed E-state index contributed by atoms with van der Waals surface area (Å²) in [5.74, 6) is 0.103. The molecule has 1 amide bonds. The summed E-state index contributed by atoms with van der Waals surface area (Å²) in [6.45, 7) is 2.21. The van der Waals surface area contributed by atoms with E-state index in [0.717, 1.165) is 0 Å². The molecule has 104 valence electrons. The smallest absolute Gasteiger partial charge is 0.311 e. The Balaban J connectivity index is 2.83. The molecule has 0 aliphatic heterocycles. The maximum Gasteiger partial charge on any atom is 0.311 e. The van der Waals surface area contributed by atoms with Gasteiger partial charge in [-0.3, -0.25) is 14.9 Å². The number of rotatable bonds is 6. The zero-order valence-corrected chi connectivity index (χ0v) is 11.2. The van der Waals surface area contributed by atoms with Gasteiger partial charge in [-0.05, 0) is 13.0 Å². The van der Waals surface area contributed by atoms with Gasteiger partial charge in [-0.25, -0.2) is 0 Å². The Morgan fingerprint density at radius 2 is 2.16 bits per heavy atom. The fraction of sp³-hybridized carbons (Fsp3) is 0.417. The lowest BCUT2D eigenvalue weighted by Crippen LogP contribution is -2.28. The van der Waals surface area contributed by atoms with E-state index in [1.165, 1.54) is 17.0 Å². The molecule has 0 heterocycles. The number of carbonyl (C=O) groups excluding carboxylic acids is 1. The molecule has 0 bridgehead atoms. The lowest BCUT2D eigenvalue weighted by molar-refractivity contribution is -0.385. The number of nitro benzene ring substituents is 1. The van der Waals surface area contributed by atoms with E-state index in [-0.39, 0.29) is 23.9 Å². The molecule has 0 aliphatic carbocycles. The molecule has 0 fully saturated rings. The molecule has 0 saturated heterocycles. The van der Waals surface area contributed by atoms with E-state index in [1.54, 1.807) is 27.1 Å². The van der Waals surface area contributed by atoms with E-state index in [4.69, 9.17) is 4.74 Å². The van der Waals surface area contributed by atoms with E-state index in [1.807, 2.05) is 0 Å². The SMILES string of the molecule is CCOc1cc(NCC(=O)N(C)C)ccc1[N+](=O)[O-]. The lowest BCUT2D eigenvalue weighted by atomic mass is 10.2. The quantitative estimate of drug-likeness (QED) is 0.623. The molecule has 0 spiro atoms. The minimum Gasteiger partial charge on any atom is -0.487 e. The first-order chi connectivity index (χ1) is 8.95. The molecule has 1 N–H and O–H groups in total. The van der Waals surface area contributed by atoms with Gasteiger partial charge in [-0.15, -0.1) is 0 Å². The van der Waals surface area contributed by atoms with Crippen molar-refractivity contribution in [1.82, 2.24) is 4.90 Å². The molecule has 0 atom stereocenters. The molecular formula is C12H17N3O4. The van der Waals surface area contributed by atoms with Gasteiger partial charge < -0.3 is 15.0 Å². The lowest BCUT2D eigenvalue weighted by Gasteiger charge is -2.12. The molecule has 7 heteroatoms. The maximum absolute atomic E-state index is 11.4. The fourth-order valence-corrected chi connectivity index (χ4v) is 1.38. The third-order valence-corrected chi connectivity index (χ3v) is 2.40. The number of hydrogen-bond donors (Lipinski definition) is 1. The largest absolute Gasteiger partial charge is 0.487 e. The van der Waals surface area contributed by atoms with Crippen molar-refractivity contribution in [2.45, 2.75) is 6.92 Å². The summed E-state index contributed by atoms with van der Waals surface area (Å²) in [6, 6.07) is 4.42. The molecule has 1 aromatic rings. The Morgan fingerprint density at radius 1 is 1.47 bits per heavy atom. The van der Waals surface area contributed by atoms with Crippen molar-refractivity contribution < 1.29 is 14.5 Å². The van der Waals surface area contributed by atoms with Crippen LogP contribution < -0.4 is 10.1 Å². The molecule has 0 aliphatic rings. The first kappa shape index (κ1) is 14.7. The minimum absolute atomic E-state index is 0.0867. The number of nitrogens with one attached hydrogen (secondary N) is 1. The van der Waals surface area contributed by atoms with Gasteiger partial charge >= 0.3 is 5.69 Å². The van der Waals surface area contributed by atoms with Crippen LogP contribution in [0.1, 0.15) is 6.92 Å². The highest BCUT2D eigenvalue weighted by Crippen LogP contribution is 2.29. The number of benzene rings is 1. The van der Waals surface area contributed by atoms with Gasteiger partial charge in [0.25, 0.3) is 0 Å². The number of hydrogen-bond acceptors (Lipinski definition) is 5. The van der Waals surface area contributed by atoms with Crippen LogP contribution in [0.3, 0.4) is 0 Å². The van der Waals surface area contributed by atoms with Gasteiger partial charge in [-0.1, -0.05) is 0 Å². The minimum atomic E-state index is -0.500. The van der Waals surface area contributed by atoms with Gasteiger partial charge in [0.15, 0.2) is 5.75 Å². The molecule has 0 saturated carbocycles. The topological polar surface area (TPSA) is 84.7 Å². The van der Waals surface area contributed by atoms with Gasteiger partial charge in [0.05, 0.1) is 18.1 Å². The van der Waals surface area contributed by atoms with Crippen molar-refractivity contribution in [3.05, 3.63) is 28.3 Å². The van der Waals surface area contributed by atoms with Crippen LogP contribution in [0.4, 0.5) is 11.4 Å². The summed E-state index contributed by atoms with van der Waals surface area (Å²) in [6.07, 6.45) is 0. The zero-order valence-electron chi connectivity index (χ0n) is 11.2. The molecule has 1 rings (SSSR count). The Morgan fingerprint density at radius 3 is 2.68 bits per heavy atom. The number of ether oxygens (including phenoxy) is 1. The molecule has 0 aromatic heterocycles. The summed E-state index contributed by atoms with van der Waals surface area (Å²) in [7, 11) is 3.32. The average Bonchev–Trinajstić information content (AvgIpc) is 2.36. The number of nitrogens with zero attached hydrogens (tertiary/aromatic N) is 2. The Kier molecular flexibility index (Phi) is 5.11. The molecule has 7 nitrogen and oxygen atoms in total. The standard InChI is InChI=1S/C12H17N3O4/c1-4-19-11-7-9(5-6-10(11)15(17)18)13-8-12(16)14(2)3/h5-7,13H,4,8H2,1-3H3. The summed E-state index contributed by atoms with van der Waals surface area (Å²) in [5, 5.41) is 13.7. The van der Waals surface area contributed by atoms with Gasteiger partial charge in [-0.2, -0.15) is 0 Å². The number of likely N-dealkylation sites (N-methyl/N-ethyl adjacent to an activating group) is 1. The van der Waals surface area contributed by atoms with E-state index < -0.39 is 4.92 Å². The van der Waals surface area contributed by atoms with Crippen LogP contribution in [0.15, 0.2) is 18.2 Å². The summed E-state index contributed by atoms with van der Waals surface area (Å²) < 4.78 is 5.22. The van der Waals surface area contributed by atoms with E-state index >= 15 is 0 Å². The molecule has 19 heavy (non-hydrogen) atoms.